The second-order valence-electron chi connectivity index (χ2n) is 6.98. The van der Waals surface area contributed by atoms with Gasteiger partial charge >= 0.3 is 0 Å². The van der Waals surface area contributed by atoms with Crippen LogP contribution in [0.15, 0.2) is 24.3 Å². The van der Waals surface area contributed by atoms with Gasteiger partial charge in [-0.05, 0) is 68.7 Å². The Hall–Kier alpha value is -1.09. The predicted molar refractivity (Wildman–Crippen MR) is 87.6 cm³/mol. The molecule has 2 aliphatic rings. The molecule has 0 aromatic heterocycles. The largest absolute Gasteiger partial charge is 0.493 e. The highest BCUT2D eigenvalue weighted by Crippen LogP contribution is 2.27. The van der Waals surface area contributed by atoms with Gasteiger partial charge in [0, 0.05) is 12.1 Å². The van der Waals surface area contributed by atoms with Crippen LogP contribution >= 0.6 is 0 Å². The Morgan fingerprint density at radius 1 is 0.864 bits per heavy atom. The van der Waals surface area contributed by atoms with Crippen LogP contribution in [0.25, 0.3) is 0 Å². The van der Waals surface area contributed by atoms with Crippen molar-refractivity contribution in [3.05, 3.63) is 30.1 Å². The van der Waals surface area contributed by atoms with Gasteiger partial charge in [-0.2, -0.15) is 0 Å². The molecule has 0 saturated heterocycles. The molecule has 2 aliphatic carbocycles. The molecule has 3 heteroatoms. The van der Waals surface area contributed by atoms with Gasteiger partial charge < -0.3 is 10.1 Å². The first-order valence-electron chi connectivity index (χ1n) is 8.94. The van der Waals surface area contributed by atoms with Crippen LogP contribution in [-0.4, -0.2) is 18.7 Å². The van der Waals surface area contributed by atoms with Gasteiger partial charge in [0.2, 0.25) is 0 Å². The van der Waals surface area contributed by atoms with Crippen LogP contribution in [0.4, 0.5) is 4.39 Å². The second kappa shape index (κ2) is 7.96. The first kappa shape index (κ1) is 15.8. The zero-order valence-corrected chi connectivity index (χ0v) is 13.4. The Morgan fingerprint density at radius 3 is 2.18 bits per heavy atom. The van der Waals surface area contributed by atoms with E-state index in [2.05, 4.69) is 5.32 Å². The molecule has 1 aromatic carbocycles. The summed E-state index contributed by atoms with van der Waals surface area (Å²) in [5, 5.41) is 3.88. The van der Waals surface area contributed by atoms with E-state index in [9.17, 15) is 4.39 Å². The molecule has 2 nitrogen and oxygen atoms in total. The SMILES string of the molecule is Fc1ccc(OCC2CCC(NC3CCCCC3)CC2)cc1. The number of nitrogens with one attached hydrogen (secondary N) is 1. The van der Waals surface area contributed by atoms with E-state index in [0.717, 1.165) is 18.4 Å². The van der Waals surface area contributed by atoms with E-state index >= 15 is 0 Å². The quantitative estimate of drug-likeness (QED) is 0.852. The van der Waals surface area contributed by atoms with E-state index in [4.69, 9.17) is 4.74 Å². The van der Waals surface area contributed by atoms with E-state index in [1.54, 1.807) is 12.1 Å². The minimum Gasteiger partial charge on any atom is -0.493 e. The van der Waals surface area contributed by atoms with Crippen molar-refractivity contribution < 1.29 is 9.13 Å². The molecule has 0 unspecified atom stereocenters. The van der Waals surface area contributed by atoms with Gasteiger partial charge in [0.15, 0.2) is 0 Å². The number of ether oxygens (including phenoxy) is 1. The third kappa shape index (κ3) is 4.70. The maximum atomic E-state index is 12.9. The first-order valence-corrected chi connectivity index (χ1v) is 8.94. The lowest BCUT2D eigenvalue weighted by molar-refractivity contribution is 0.182. The zero-order valence-electron chi connectivity index (χ0n) is 13.4. The summed E-state index contributed by atoms with van der Waals surface area (Å²) < 4.78 is 18.7. The molecule has 22 heavy (non-hydrogen) atoms. The summed E-state index contributed by atoms with van der Waals surface area (Å²) in [5.41, 5.74) is 0. The molecule has 122 valence electrons. The van der Waals surface area contributed by atoms with Gasteiger partial charge in [-0.15, -0.1) is 0 Å². The van der Waals surface area contributed by atoms with Crippen molar-refractivity contribution in [1.82, 2.24) is 5.32 Å². The molecule has 0 radical (unpaired) electrons. The third-order valence-electron chi connectivity index (χ3n) is 5.22. The molecular formula is C19H28FNO. The van der Waals surface area contributed by atoms with E-state index < -0.39 is 0 Å². The standard InChI is InChI=1S/C19H28FNO/c20-16-8-12-19(13-9-16)22-14-15-6-10-18(11-7-15)21-17-4-2-1-3-5-17/h8-9,12-13,15,17-18,21H,1-7,10-11,14H2. The number of halogens is 1. The van der Waals surface area contributed by atoms with E-state index in [1.165, 1.54) is 69.9 Å². The van der Waals surface area contributed by atoms with Gasteiger partial charge in [-0.3, -0.25) is 0 Å². The Kier molecular flexibility index (Phi) is 5.71. The van der Waals surface area contributed by atoms with Crippen molar-refractivity contribution in [2.24, 2.45) is 5.92 Å². The van der Waals surface area contributed by atoms with Gasteiger partial charge in [0.1, 0.15) is 11.6 Å². The Labute approximate surface area is 133 Å². The highest BCUT2D eigenvalue weighted by molar-refractivity contribution is 5.22. The van der Waals surface area contributed by atoms with Crippen molar-refractivity contribution in [1.29, 1.82) is 0 Å². The molecule has 0 heterocycles. The lowest BCUT2D eigenvalue weighted by atomic mass is 9.85. The highest BCUT2D eigenvalue weighted by Gasteiger charge is 2.24. The summed E-state index contributed by atoms with van der Waals surface area (Å²) in [4.78, 5) is 0. The molecule has 0 atom stereocenters. The van der Waals surface area contributed by atoms with Gasteiger partial charge in [-0.25, -0.2) is 4.39 Å². The molecule has 1 aromatic rings. The first-order chi connectivity index (χ1) is 10.8. The molecule has 0 bridgehead atoms. The summed E-state index contributed by atoms with van der Waals surface area (Å²) in [6.07, 6.45) is 12.0. The van der Waals surface area contributed by atoms with Crippen molar-refractivity contribution in [3.8, 4) is 5.75 Å². The molecular weight excluding hydrogens is 277 g/mol. The Bertz CT molecular complexity index is 433. The second-order valence-corrected chi connectivity index (χ2v) is 6.98. The average Bonchev–Trinajstić information content (AvgIpc) is 2.57. The monoisotopic (exact) mass is 305 g/mol. The average molecular weight is 305 g/mol. The van der Waals surface area contributed by atoms with E-state index in [-0.39, 0.29) is 5.82 Å². The summed E-state index contributed by atoms with van der Waals surface area (Å²) in [6.45, 7) is 0.766. The predicted octanol–water partition coefficient (Wildman–Crippen LogP) is 4.69. The fourth-order valence-electron chi connectivity index (χ4n) is 3.84. The summed E-state index contributed by atoms with van der Waals surface area (Å²) >= 11 is 0. The molecule has 2 fully saturated rings. The fraction of sp³-hybridized carbons (Fsp3) is 0.684. The van der Waals surface area contributed by atoms with Gasteiger partial charge in [0.05, 0.1) is 6.61 Å². The lowest BCUT2D eigenvalue weighted by Crippen LogP contribution is -2.41. The normalized spacial score (nSPS) is 26.8. The third-order valence-corrected chi connectivity index (χ3v) is 5.22. The Balaban J connectivity index is 1.35. The van der Waals surface area contributed by atoms with Crippen LogP contribution in [-0.2, 0) is 0 Å². The van der Waals surface area contributed by atoms with Crippen LogP contribution in [0.5, 0.6) is 5.75 Å². The zero-order chi connectivity index (χ0) is 15.2. The molecule has 0 aliphatic heterocycles. The van der Waals surface area contributed by atoms with Crippen molar-refractivity contribution in [2.45, 2.75) is 69.9 Å². The van der Waals surface area contributed by atoms with Crippen LogP contribution in [0.3, 0.4) is 0 Å². The highest BCUT2D eigenvalue weighted by atomic mass is 19.1. The van der Waals surface area contributed by atoms with Crippen LogP contribution in [0, 0.1) is 11.7 Å². The van der Waals surface area contributed by atoms with Crippen molar-refractivity contribution >= 4 is 0 Å². The molecule has 3 rings (SSSR count). The minimum absolute atomic E-state index is 0.207. The fourth-order valence-corrected chi connectivity index (χ4v) is 3.84. The smallest absolute Gasteiger partial charge is 0.123 e. The van der Waals surface area contributed by atoms with Crippen LogP contribution in [0.2, 0.25) is 0 Å². The summed E-state index contributed by atoms with van der Waals surface area (Å²) in [5.74, 6) is 1.22. The van der Waals surface area contributed by atoms with Crippen molar-refractivity contribution in [3.63, 3.8) is 0 Å². The molecule has 2 saturated carbocycles. The number of hydrogen-bond donors (Lipinski definition) is 1. The van der Waals surface area contributed by atoms with Crippen LogP contribution in [0.1, 0.15) is 57.8 Å². The van der Waals surface area contributed by atoms with E-state index in [1.807, 2.05) is 0 Å². The van der Waals surface area contributed by atoms with Gasteiger partial charge in [-0.1, -0.05) is 19.3 Å². The molecule has 1 N–H and O–H groups in total. The maximum Gasteiger partial charge on any atom is 0.123 e. The van der Waals surface area contributed by atoms with E-state index in [0.29, 0.717) is 12.0 Å². The molecule has 0 spiro atoms. The lowest BCUT2D eigenvalue weighted by Gasteiger charge is -2.33. The number of benzene rings is 1. The number of hydrogen-bond acceptors (Lipinski definition) is 2. The summed E-state index contributed by atoms with van der Waals surface area (Å²) in [6, 6.07) is 7.83. The van der Waals surface area contributed by atoms with Crippen LogP contribution < -0.4 is 10.1 Å². The Morgan fingerprint density at radius 2 is 1.50 bits per heavy atom. The summed E-state index contributed by atoms with van der Waals surface area (Å²) in [7, 11) is 0. The minimum atomic E-state index is -0.207. The molecule has 0 amide bonds. The maximum absolute atomic E-state index is 12.9. The number of rotatable bonds is 5. The van der Waals surface area contributed by atoms with Gasteiger partial charge in [0.25, 0.3) is 0 Å². The topological polar surface area (TPSA) is 21.3 Å². The van der Waals surface area contributed by atoms with Crippen molar-refractivity contribution in [2.75, 3.05) is 6.61 Å².